The number of ether oxygens (including phenoxy) is 1. The minimum absolute atomic E-state index is 0.153. The smallest absolute Gasteiger partial charge is 0.337 e. The molecular formula is C25H19N3O5S. The lowest BCUT2D eigenvalue weighted by Crippen LogP contribution is -2.32. The summed E-state index contributed by atoms with van der Waals surface area (Å²) in [7, 11) is 1.27. The molecule has 3 aromatic carbocycles. The molecule has 0 atom stereocenters. The Morgan fingerprint density at radius 1 is 0.941 bits per heavy atom. The van der Waals surface area contributed by atoms with E-state index in [0.717, 1.165) is 11.8 Å². The van der Waals surface area contributed by atoms with Crippen LogP contribution in [0.3, 0.4) is 0 Å². The lowest BCUT2D eigenvalue weighted by atomic mass is 10.1. The molecule has 2 amide bonds. The van der Waals surface area contributed by atoms with E-state index >= 15 is 0 Å². The van der Waals surface area contributed by atoms with Gasteiger partial charge in [0.1, 0.15) is 0 Å². The molecule has 0 aliphatic heterocycles. The molecule has 0 spiro atoms. The highest BCUT2D eigenvalue weighted by molar-refractivity contribution is 7.99. The molecule has 9 heteroatoms. The monoisotopic (exact) mass is 473 g/mol. The number of thioether (sulfide) groups is 1. The van der Waals surface area contributed by atoms with Crippen molar-refractivity contribution in [1.29, 1.82) is 0 Å². The van der Waals surface area contributed by atoms with Crippen LogP contribution in [0.1, 0.15) is 20.7 Å². The number of benzene rings is 3. The topological polar surface area (TPSA) is 107 Å². The van der Waals surface area contributed by atoms with Crippen LogP contribution in [0.4, 0.5) is 0 Å². The third-order valence-electron chi connectivity index (χ3n) is 4.90. The van der Waals surface area contributed by atoms with Crippen LogP contribution < -0.4 is 10.9 Å². The van der Waals surface area contributed by atoms with Gasteiger partial charge >= 0.3 is 5.97 Å². The van der Waals surface area contributed by atoms with Crippen LogP contribution in [-0.2, 0) is 9.53 Å². The van der Waals surface area contributed by atoms with Crippen molar-refractivity contribution >= 4 is 40.4 Å². The van der Waals surface area contributed by atoms with E-state index in [1.165, 1.54) is 29.9 Å². The largest absolute Gasteiger partial charge is 0.465 e. The van der Waals surface area contributed by atoms with Crippen LogP contribution >= 0.6 is 11.8 Å². The van der Waals surface area contributed by atoms with Gasteiger partial charge in [0.15, 0.2) is 5.16 Å². The van der Waals surface area contributed by atoms with Crippen molar-refractivity contribution in [1.82, 2.24) is 14.9 Å². The van der Waals surface area contributed by atoms with E-state index in [1.807, 2.05) is 6.07 Å². The number of fused-ring (bicyclic) bond motifs is 1. The van der Waals surface area contributed by atoms with Crippen LogP contribution in [0.2, 0.25) is 0 Å². The van der Waals surface area contributed by atoms with E-state index in [2.05, 4.69) is 10.3 Å². The van der Waals surface area contributed by atoms with Crippen molar-refractivity contribution in [2.45, 2.75) is 5.16 Å². The number of aromatic nitrogens is 2. The molecule has 0 bridgehead atoms. The second kappa shape index (κ2) is 10.1. The standard InChI is InChI=1S/C25H19N3O5S/c1-33-24(32)17-12-13-19-20(14-17)26-25(28(23(19)31)18-10-6-3-7-11-18)34-15-21(29)27-22(30)16-8-4-2-5-9-16/h2-14H,15H2,1H3,(H,27,29,30). The summed E-state index contributed by atoms with van der Waals surface area (Å²) in [5.74, 6) is -1.75. The van der Waals surface area contributed by atoms with Gasteiger partial charge in [0.2, 0.25) is 5.91 Å². The van der Waals surface area contributed by atoms with E-state index < -0.39 is 17.8 Å². The van der Waals surface area contributed by atoms with E-state index in [1.54, 1.807) is 54.6 Å². The molecule has 0 saturated carbocycles. The van der Waals surface area contributed by atoms with Gasteiger partial charge in [-0.3, -0.25) is 24.3 Å². The fourth-order valence-electron chi connectivity index (χ4n) is 3.27. The summed E-state index contributed by atoms with van der Waals surface area (Å²) < 4.78 is 6.15. The van der Waals surface area contributed by atoms with Crippen molar-refractivity contribution < 1.29 is 19.1 Å². The number of hydrogen-bond acceptors (Lipinski definition) is 7. The van der Waals surface area contributed by atoms with E-state index in [0.29, 0.717) is 22.2 Å². The first-order valence-electron chi connectivity index (χ1n) is 10.2. The zero-order valence-corrected chi connectivity index (χ0v) is 18.9. The normalized spacial score (nSPS) is 10.6. The molecule has 0 aliphatic rings. The van der Waals surface area contributed by atoms with Crippen molar-refractivity contribution in [3.05, 3.63) is 100 Å². The Bertz CT molecular complexity index is 1440. The first kappa shape index (κ1) is 22.9. The van der Waals surface area contributed by atoms with Gasteiger partial charge in [-0.1, -0.05) is 48.2 Å². The third-order valence-corrected chi connectivity index (χ3v) is 5.83. The number of amides is 2. The maximum atomic E-state index is 13.3. The molecule has 34 heavy (non-hydrogen) atoms. The maximum Gasteiger partial charge on any atom is 0.337 e. The van der Waals surface area contributed by atoms with Gasteiger partial charge in [-0.2, -0.15) is 0 Å². The number of imide groups is 1. The Labute approximate surface area is 198 Å². The van der Waals surface area contributed by atoms with E-state index in [-0.39, 0.29) is 22.0 Å². The van der Waals surface area contributed by atoms with Gasteiger partial charge in [-0.25, -0.2) is 9.78 Å². The highest BCUT2D eigenvalue weighted by Gasteiger charge is 2.17. The quantitative estimate of drug-likeness (QED) is 0.260. The van der Waals surface area contributed by atoms with Crippen molar-refractivity contribution in [3.63, 3.8) is 0 Å². The van der Waals surface area contributed by atoms with Crippen LogP contribution in [0.25, 0.3) is 16.6 Å². The van der Waals surface area contributed by atoms with E-state index in [4.69, 9.17) is 4.74 Å². The number of hydrogen-bond donors (Lipinski definition) is 1. The Hall–Kier alpha value is -4.24. The zero-order valence-electron chi connectivity index (χ0n) is 18.1. The highest BCUT2D eigenvalue weighted by atomic mass is 32.2. The number of para-hydroxylation sites is 1. The third kappa shape index (κ3) is 4.89. The summed E-state index contributed by atoms with van der Waals surface area (Å²) in [6.45, 7) is 0. The summed E-state index contributed by atoms with van der Waals surface area (Å²) in [6.07, 6.45) is 0. The highest BCUT2D eigenvalue weighted by Crippen LogP contribution is 2.22. The van der Waals surface area contributed by atoms with Crippen LogP contribution in [-0.4, -0.2) is 40.2 Å². The summed E-state index contributed by atoms with van der Waals surface area (Å²) in [6, 6.07) is 21.8. The lowest BCUT2D eigenvalue weighted by molar-refractivity contribution is -0.117. The van der Waals surface area contributed by atoms with Gasteiger partial charge in [0, 0.05) is 5.56 Å². The van der Waals surface area contributed by atoms with Crippen molar-refractivity contribution in [2.75, 3.05) is 12.9 Å². The molecule has 0 unspecified atom stereocenters. The predicted molar refractivity (Wildman–Crippen MR) is 128 cm³/mol. The van der Waals surface area contributed by atoms with Crippen LogP contribution in [0.5, 0.6) is 0 Å². The SMILES string of the molecule is COC(=O)c1ccc2c(=O)n(-c3ccccc3)c(SCC(=O)NC(=O)c3ccccc3)nc2c1. The zero-order chi connectivity index (χ0) is 24.1. The minimum atomic E-state index is -0.552. The Kier molecular flexibility index (Phi) is 6.84. The van der Waals surface area contributed by atoms with Gasteiger partial charge in [-0.15, -0.1) is 0 Å². The summed E-state index contributed by atoms with van der Waals surface area (Å²) in [4.78, 5) is 54.5. The molecule has 1 heterocycles. The number of methoxy groups -OCH3 is 1. The molecule has 0 saturated heterocycles. The molecule has 170 valence electrons. The van der Waals surface area contributed by atoms with Crippen LogP contribution in [0, 0.1) is 0 Å². The molecule has 8 nitrogen and oxygen atoms in total. The first-order chi connectivity index (χ1) is 16.5. The van der Waals surface area contributed by atoms with Crippen LogP contribution in [0.15, 0.2) is 88.8 Å². The summed E-state index contributed by atoms with van der Waals surface area (Å²) in [5, 5.41) is 2.89. The fourth-order valence-corrected chi connectivity index (χ4v) is 4.08. The van der Waals surface area contributed by atoms with Crippen molar-refractivity contribution in [2.24, 2.45) is 0 Å². The molecular weight excluding hydrogens is 454 g/mol. The number of carbonyl (C=O) groups is 3. The van der Waals surface area contributed by atoms with Gasteiger partial charge in [0.05, 0.1) is 35.0 Å². The number of carbonyl (C=O) groups excluding carboxylic acids is 3. The number of rotatable bonds is 6. The molecule has 0 fully saturated rings. The average Bonchev–Trinajstić information content (AvgIpc) is 2.87. The minimum Gasteiger partial charge on any atom is -0.465 e. The molecule has 0 aliphatic carbocycles. The molecule has 1 N–H and O–H groups in total. The van der Waals surface area contributed by atoms with Gasteiger partial charge in [0.25, 0.3) is 11.5 Å². The first-order valence-corrected chi connectivity index (χ1v) is 11.2. The second-order valence-electron chi connectivity index (χ2n) is 7.13. The van der Waals surface area contributed by atoms with Gasteiger partial charge < -0.3 is 4.74 Å². The number of esters is 1. The Balaban J connectivity index is 1.68. The predicted octanol–water partition coefficient (Wildman–Crippen LogP) is 3.22. The van der Waals surface area contributed by atoms with Crippen molar-refractivity contribution in [3.8, 4) is 5.69 Å². The Morgan fingerprint density at radius 3 is 2.29 bits per heavy atom. The fraction of sp³-hybridized carbons (Fsp3) is 0.0800. The Morgan fingerprint density at radius 2 is 1.62 bits per heavy atom. The molecule has 1 aromatic heterocycles. The average molecular weight is 474 g/mol. The molecule has 0 radical (unpaired) electrons. The maximum absolute atomic E-state index is 13.3. The van der Waals surface area contributed by atoms with E-state index in [9.17, 15) is 19.2 Å². The molecule has 4 aromatic rings. The summed E-state index contributed by atoms with van der Waals surface area (Å²) in [5.41, 5.74) is 1.13. The number of nitrogens with zero attached hydrogens (tertiary/aromatic N) is 2. The number of nitrogens with one attached hydrogen (secondary N) is 1. The summed E-state index contributed by atoms with van der Waals surface area (Å²) >= 11 is 1.01. The second-order valence-corrected chi connectivity index (χ2v) is 8.07. The van der Waals surface area contributed by atoms with Gasteiger partial charge in [-0.05, 0) is 42.5 Å². The lowest BCUT2D eigenvalue weighted by Gasteiger charge is -2.13. The molecule has 4 rings (SSSR count).